The average Bonchev–Trinajstić information content (AvgIpc) is 2.89. The molecule has 1 unspecified atom stereocenters. The number of piperidine rings is 1. The van der Waals surface area contributed by atoms with Crippen LogP contribution in [0.15, 0.2) is 78.0 Å². The van der Waals surface area contributed by atoms with E-state index in [1.54, 1.807) is 50.2 Å². The fraction of sp³-hybridized carbons (Fsp3) is 0.333. The Morgan fingerprint density at radius 2 is 1.70 bits per heavy atom. The van der Waals surface area contributed by atoms with Crippen LogP contribution in [-0.2, 0) is 29.0 Å². The molecule has 1 saturated heterocycles. The maximum absolute atomic E-state index is 13.7. The highest BCUT2D eigenvalue weighted by Gasteiger charge is 2.34. The minimum Gasteiger partial charge on any atom is -0.391 e. The number of carbonyl (C=O) groups excluding carboxylic acids is 1. The number of benzene rings is 3. The minimum absolute atomic E-state index is 0.0696. The van der Waals surface area contributed by atoms with E-state index in [2.05, 4.69) is 10.1 Å². The lowest BCUT2D eigenvalue weighted by Gasteiger charge is -2.31. The van der Waals surface area contributed by atoms with Gasteiger partial charge in [-0.25, -0.2) is 0 Å². The van der Waals surface area contributed by atoms with E-state index in [4.69, 9.17) is 4.84 Å². The lowest BCUT2D eigenvalue weighted by atomic mass is 9.94. The molecule has 1 aliphatic rings. The van der Waals surface area contributed by atoms with Crippen LogP contribution in [0.5, 0.6) is 0 Å². The number of rotatable bonds is 8. The Labute approximate surface area is 215 Å². The van der Waals surface area contributed by atoms with Gasteiger partial charge in [0, 0.05) is 19.0 Å². The van der Waals surface area contributed by atoms with Crippen molar-refractivity contribution in [1.82, 2.24) is 4.90 Å². The van der Waals surface area contributed by atoms with E-state index < -0.39 is 11.7 Å². The van der Waals surface area contributed by atoms with Crippen molar-refractivity contribution in [2.75, 3.05) is 13.1 Å². The molecular formula is C30H31F3N2O2. The third-order valence-corrected chi connectivity index (χ3v) is 6.77. The number of hydrogen-bond donors (Lipinski definition) is 0. The van der Waals surface area contributed by atoms with Crippen molar-refractivity contribution < 1.29 is 22.8 Å². The van der Waals surface area contributed by atoms with Gasteiger partial charge in [0.15, 0.2) is 0 Å². The average molecular weight is 509 g/mol. The number of carbonyl (C=O) groups is 1. The van der Waals surface area contributed by atoms with Crippen LogP contribution >= 0.6 is 0 Å². The second kappa shape index (κ2) is 11.7. The fourth-order valence-electron chi connectivity index (χ4n) is 4.68. The fourth-order valence-corrected chi connectivity index (χ4v) is 4.68. The van der Waals surface area contributed by atoms with Gasteiger partial charge >= 0.3 is 6.18 Å². The molecule has 0 N–H and O–H groups in total. The van der Waals surface area contributed by atoms with E-state index in [1.165, 1.54) is 6.07 Å². The van der Waals surface area contributed by atoms with Crippen molar-refractivity contribution in [2.24, 2.45) is 11.1 Å². The van der Waals surface area contributed by atoms with Crippen LogP contribution < -0.4 is 0 Å². The molecule has 4 nitrogen and oxygen atoms in total. The van der Waals surface area contributed by atoms with Gasteiger partial charge in [0.2, 0.25) is 0 Å². The second-order valence-corrected chi connectivity index (χ2v) is 9.58. The third kappa shape index (κ3) is 7.07. The van der Waals surface area contributed by atoms with Crippen molar-refractivity contribution in [3.05, 3.63) is 95.1 Å². The Balaban J connectivity index is 1.38. The smallest absolute Gasteiger partial charge is 0.391 e. The largest absolute Gasteiger partial charge is 0.417 e. The molecule has 1 atom stereocenters. The molecule has 7 heteroatoms. The number of alkyl halides is 3. The molecular weight excluding hydrogens is 477 g/mol. The SMILES string of the molecule is CC(=O)C1CCCN(Cc2ccc(/C(C)=N/OCc3ccc(-c4ccccc4)c(C(F)(F)F)c3)cc2)C1. The van der Waals surface area contributed by atoms with Gasteiger partial charge in [-0.2, -0.15) is 13.2 Å². The van der Waals surface area contributed by atoms with E-state index in [0.29, 0.717) is 16.8 Å². The first-order valence-corrected chi connectivity index (χ1v) is 12.4. The number of halogens is 3. The molecule has 0 aromatic heterocycles. The van der Waals surface area contributed by atoms with Gasteiger partial charge in [0.1, 0.15) is 12.4 Å². The van der Waals surface area contributed by atoms with Crippen LogP contribution in [0.25, 0.3) is 11.1 Å². The van der Waals surface area contributed by atoms with Crippen molar-refractivity contribution in [2.45, 2.75) is 46.0 Å². The summed E-state index contributed by atoms with van der Waals surface area (Å²) in [4.78, 5) is 19.5. The second-order valence-electron chi connectivity index (χ2n) is 9.58. The van der Waals surface area contributed by atoms with Crippen LogP contribution in [0.1, 0.15) is 48.9 Å². The highest BCUT2D eigenvalue weighted by molar-refractivity contribution is 5.98. The number of hydrogen-bond acceptors (Lipinski definition) is 4. The molecule has 194 valence electrons. The molecule has 3 aromatic carbocycles. The first-order chi connectivity index (χ1) is 17.7. The Morgan fingerprint density at radius 3 is 2.38 bits per heavy atom. The van der Waals surface area contributed by atoms with Crippen molar-refractivity contribution in [3.63, 3.8) is 0 Å². The summed E-state index contributed by atoms with van der Waals surface area (Å²) in [6.45, 7) is 5.98. The van der Waals surface area contributed by atoms with Gasteiger partial charge < -0.3 is 4.84 Å². The summed E-state index contributed by atoms with van der Waals surface area (Å²) < 4.78 is 41.2. The molecule has 0 radical (unpaired) electrons. The molecule has 0 amide bonds. The standard InChI is InChI=1S/C30H31F3N2O2/c1-21(25-13-10-23(11-14-25)18-35-16-6-9-27(19-35)22(2)36)34-37-20-24-12-15-28(26-7-4-3-5-8-26)29(17-24)30(31,32)33/h3-5,7-8,10-15,17,27H,6,9,16,18-20H2,1-2H3/b34-21+. The van der Waals surface area contributed by atoms with E-state index >= 15 is 0 Å². The number of Topliss-reactive ketones (excluding diaryl/α,β-unsaturated/α-hetero) is 1. The summed E-state index contributed by atoms with van der Waals surface area (Å²) in [5.74, 6) is 0.384. The molecule has 1 heterocycles. The van der Waals surface area contributed by atoms with Crippen molar-refractivity contribution in [3.8, 4) is 11.1 Å². The minimum atomic E-state index is -4.48. The quantitative estimate of drug-likeness (QED) is 0.240. The molecule has 0 spiro atoms. The van der Waals surface area contributed by atoms with Gasteiger partial charge in [-0.05, 0) is 67.1 Å². The van der Waals surface area contributed by atoms with Gasteiger partial charge in [-0.3, -0.25) is 9.69 Å². The van der Waals surface area contributed by atoms with Gasteiger partial charge in [-0.15, -0.1) is 0 Å². The summed E-state index contributed by atoms with van der Waals surface area (Å²) in [6.07, 6.45) is -2.48. The monoisotopic (exact) mass is 508 g/mol. The lowest BCUT2D eigenvalue weighted by Crippen LogP contribution is -2.37. The molecule has 0 bridgehead atoms. The molecule has 1 aliphatic heterocycles. The van der Waals surface area contributed by atoms with Crippen LogP contribution in [0, 0.1) is 5.92 Å². The Hall–Kier alpha value is -3.45. The van der Waals surface area contributed by atoms with E-state index in [-0.39, 0.29) is 23.9 Å². The van der Waals surface area contributed by atoms with E-state index in [9.17, 15) is 18.0 Å². The Morgan fingerprint density at radius 1 is 1.00 bits per heavy atom. The molecule has 4 rings (SSSR count). The zero-order chi connectivity index (χ0) is 26.4. The molecule has 1 fully saturated rings. The maximum Gasteiger partial charge on any atom is 0.417 e. The summed E-state index contributed by atoms with van der Waals surface area (Å²) in [5, 5.41) is 4.12. The number of oxime groups is 1. The van der Waals surface area contributed by atoms with Gasteiger partial charge in [-0.1, -0.05) is 71.9 Å². The highest BCUT2D eigenvalue weighted by atomic mass is 19.4. The van der Waals surface area contributed by atoms with Crippen molar-refractivity contribution >= 4 is 11.5 Å². The first kappa shape index (κ1) is 26.6. The normalized spacial score (nSPS) is 17.0. The summed E-state index contributed by atoms with van der Waals surface area (Å²) in [5.41, 5.74) is 3.01. The Bertz CT molecular complexity index is 1240. The molecule has 3 aromatic rings. The summed E-state index contributed by atoms with van der Waals surface area (Å²) >= 11 is 0. The van der Waals surface area contributed by atoms with Crippen LogP contribution in [0.2, 0.25) is 0 Å². The number of likely N-dealkylation sites (tertiary alicyclic amines) is 1. The predicted octanol–water partition coefficient (Wildman–Crippen LogP) is 7.11. The lowest BCUT2D eigenvalue weighted by molar-refractivity contribution is -0.137. The van der Waals surface area contributed by atoms with Crippen LogP contribution in [0.3, 0.4) is 0 Å². The highest BCUT2D eigenvalue weighted by Crippen LogP contribution is 2.37. The van der Waals surface area contributed by atoms with E-state index in [1.807, 2.05) is 24.3 Å². The van der Waals surface area contributed by atoms with Crippen molar-refractivity contribution in [1.29, 1.82) is 0 Å². The molecule has 0 saturated carbocycles. The molecule has 37 heavy (non-hydrogen) atoms. The Kier molecular flexibility index (Phi) is 8.44. The predicted molar refractivity (Wildman–Crippen MR) is 139 cm³/mol. The topological polar surface area (TPSA) is 41.9 Å². The first-order valence-electron chi connectivity index (χ1n) is 12.4. The van der Waals surface area contributed by atoms with E-state index in [0.717, 1.165) is 49.7 Å². The number of ketones is 1. The van der Waals surface area contributed by atoms with Crippen LogP contribution in [0.4, 0.5) is 13.2 Å². The number of nitrogens with zero attached hydrogens (tertiary/aromatic N) is 2. The zero-order valence-electron chi connectivity index (χ0n) is 21.1. The maximum atomic E-state index is 13.7. The third-order valence-electron chi connectivity index (χ3n) is 6.77. The summed E-state index contributed by atoms with van der Waals surface area (Å²) in [6, 6.07) is 20.7. The summed E-state index contributed by atoms with van der Waals surface area (Å²) in [7, 11) is 0. The molecule has 0 aliphatic carbocycles. The van der Waals surface area contributed by atoms with Gasteiger partial charge in [0.25, 0.3) is 0 Å². The van der Waals surface area contributed by atoms with Gasteiger partial charge in [0.05, 0.1) is 11.3 Å². The zero-order valence-corrected chi connectivity index (χ0v) is 21.1. The van der Waals surface area contributed by atoms with Crippen LogP contribution in [-0.4, -0.2) is 29.5 Å².